The number of rotatable bonds is 3. The highest BCUT2D eigenvalue weighted by molar-refractivity contribution is 5.55. The monoisotopic (exact) mass is 237 g/mol. The van der Waals surface area contributed by atoms with Gasteiger partial charge in [0.25, 0.3) is 0 Å². The molecular formula is C14H20FNO. The molecule has 1 heterocycles. The van der Waals surface area contributed by atoms with Crippen molar-refractivity contribution in [3.8, 4) is 0 Å². The minimum atomic E-state index is -0.216. The molecule has 1 saturated heterocycles. The summed E-state index contributed by atoms with van der Waals surface area (Å²) in [4.78, 5) is 2.08. The first-order valence-corrected chi connectivity index (χ1v) is 6.39. The van der Waals surface area contributed by atoms with E-state index in [2.05, 4.69) is 11.8 Å². The summed E-state index contributed by atoms with van der Waals surface area (Å²) in [5.74, 6) is 0.557. The molecule has 0 atom stereocenters. The van der Waals surface area contributed by atoms with Gasteiger partial charge in [-0.2, -0.15) is 0 Å². The van der Waals surface area contributed by atoms with E-state index >= 15 is 0 Å². The van der Waals surface area contributed by atoms with Gasteiger partial charge >= 0.3 is 0 Å². The SMILES string of the molecule is CCC1CCN(c2c(F)cccc2CO)CC1. The second-order valence-electron chi connectivity index (χ2n) is 4.74. The summed E-state index contributed by atoms with van der Waals surface area (Å²) in [7, 11) is 0. The molecule has 0 saturated carbocycles. The van der Waals surface area contributed by atoms with Crippen LogP contribution >= 0.6 is 0 Å². The van der Waals surface area contributed by atoms with Crippen molar-refractivity contribution >= 4 is 5.69 Å². The third-order valence-corrected chi connectivity index (χ3v) is 3.75. The van der Waals surface area contributed by atoms with Gasteiger partial charge in [-0.25, -0.2) is 4.39 Å². The fourth-order valence-corrected chi connectivity index (χ4v) is 2.61. The van der Waals surface area contributed by atoms with Gasteiger partial charge in [0, 0.05) is 18.7 Å². The molecule has 1 fully saturated rings. The summed E-state index contributed by atoms with van der Waals surface area (Å²) < 4.78 is 13.8. The molecule has 0 spiro atoms. The van der Waals surface area contributed by atoms with Crippen molar-refractivity contribution in [2.24, 2.45) is 5.92 Å². The zero-order valence-corrected chi connectivity index (χ0v) is 10.3. The molecule has 1 aliphatic rings. The van der Waals surface area contributed by atoms with E-state index in [9.17, 15) is 9.50 Å². The first kappa shape index (κ1) is 12.4. The van der Waals surface area contributed by atoms with E-state index in [4.69, 9.17) is 0 Å². The normalized spacial score (nSPS) is 17.5. The van der Waals surface area contributed by atoms with Crippen LogP contribution in [-0.2, 0) is 6.61 Å². The van der Waals surface area contributed by atoms with Crippen molar-refractivity contribution in [3.63, 3.8) is 0 Å². The number of hydrogen-bond donors (Lipinski definition) is 1. The van der Waals surface area contributed by atoms with Crippen LogP contribution in [0.25, 0.3) is 0 Å². The number of para-hydroxylation sites is 1. The summed E-state index contributed by atoms with van der Waals surface area (Å²) in [6.07, 6.45) is 3.45. The Labute approximate surface area is 102 Å². The van der Waals surface area contributed by atoms with Gasteiger partial charge in [-0.05, 0) is 24.8 Å². The second-order valence-corrected chi connectivity index (χ2v) is 4.74. The largest absolute Gasteiger partial charge is 0.392 e. The number of nitrogens with zero attached hydrogens (tertiary/aromatic N) is 1. The molecule has 1 N–H and O–H groups in total. The third-order valence-electron chi connectivity index (χ3n) is 3.75. The van der Waals surface area contributed by atoms with E-state index < -0.39 is 0 Å². The Bertz CT molecular complexity index is 372. The molecule has 0 aliphatic carbocycles. The summed E-state index contributed by atoms with van der Waals surface area (Å²) >= 11 is 0. The molecule has 0 radical (unpaired) electrons. The van der Waals surface area contributed by atoms with E-state index in [1.165, 1.54) is 12.5 Å². The summed E-state index contributed by atoms with van der Waals surface area (Å²) in [5.41, 5.74) is 1.30. The highest BCUT2D eigenvalue weighted by Crippen LogP contribution is 2.29. The van der Waals surface area contributed by atoms with E-state index in [1.807, 2.05) is 0 Å². The maximum Gasteiger partial charge on any atom is 0.146 e. The number of anilines is 1. The van der Waals surface area contributed by atoms with Gasteiger partial charge in [-0.15, -0.1) is 0 Å². The van der Waals surface area contributed by atoms with Crippen molar-refractivity contribution in [2.45, 2.75) is 32.8 Å². The fourth-order valence-electron chi connectivity index (χ4n) is 2.61. The van der Waals surface area contributed by atoms with E-state index in [1.54, 1.807) is 12.1 Å². The van der Waals surface area contributed by atoms with Gasteiger partial charge < -0.3 is 10.0 Å². The number of hydrogen-bond acceptors (Lipinski definition) is 2. The number of halogens is 1. The zero-order valence-electron chi connectivity index (χ0n) is 10.3. The van der Waals surface area contributed by atoms with Crippen molar-refractivity contribution in [1.82, 2.24) is 0 Å². The van der Waals surface area contributed by atoms with Crippen LogP contribution in [0.4, 0.5) is 10.1 Å². The summed E-state index contributed by atoms with van der Waals surface area (Å²) in [6, 6.07) is 4.92. The molecule has 2 nitrogen and oxygen atoms in total. The molecule has 17 heavy (non-hydrogen) atoms. The first-order chi connectivity index (χ1) is 8.26. The molecular weight excluding hydrogens is 217 g/mol. The third kappa shape index (κ3) is 2.60. The van der Waals surface area contributed by atoms with Crippen LogP contribution in [-0.4, -0.2) is 18.2 Å². The summed E-state index contributed by atoms with van der Waals surface area (Å²) in [5, 5.41) is 9.28. The molecule has 2 rings (SSSR count). The van der Waals surface area contributed by atoms with Gasteiger partial charge in [-0.3, -0.25) is 0 Å². The van der Waals surface area contributed by atoms with E-state index in [0.717, 1.165) is 31.8 Å². The zero-order chi connectivity index (χ0) is 12.3. The Hall–Kier alpha value is -1.09. The van der Waals surface area contributed by atoms with Crippen molar-refractivity contribution in [1.29, 1.82) is 0 Å². The Morgan fingerprint density at radius 2 is 2.06 bits per heavy atom. The average molecular weight is 237 g/mol. The molecule has 0 unspecified atom stereocenters. The molecule has 94 valence electrons. The number of aliphatic hydroxyl groups is 1. The lowest BCUT2D eigenvalue weighted by Gasteiger charge is -2.34. The van der Waals surface area contributed by atoms with Crippen LogP contribution in [0.3, 0.4) is 0 Å². The van der Waals surface area contributed by atoms with Gasteiger partial charge in [0.2, 0.25) is 0 Å². The molecule has 1 aromatic rings. The fraction of sp³-hybridized carbons (Fsp3) is 0.571. The molecule has 1 aromatic carbocycles. The Morgan fingerprint density at radius 1 is 1.35 bits per heavy atom. The molecule has 3 heteroatoms. The van der Waals surface area contributed by atoms with Crippen LogP contribution in [0.1, 0.15) is 31.7 Å². The Balaban J connectivity index is 2.17. The van der Waals surface area contributed by atoms with E-state index in [-0.39, 0.29) is 12.4 Å². The predicted octanol–water partition coefficient (Wildman–Crippen LogP) is 2.94. The topological polar surface area (TPSA) is 23.5 Å². The molecule has 0 bridgehead atoms. The molecule has 0 amide bonds. The highest BCUT2D eigenvalue weighted by atomic mass is 19.1. The van der Waals surface area contributed by atoms with Crippen molar-refractivity contribution in [3.05, 3.63) is 29.6 Å². The van der Waals surface area contributed by atoms with Crippen molar-refractivity contribution < 1.29 is 9.50 Å². The van der Waals surface area contributed by atoms with Gasteiger partial charge in [0.1, 0.15) is 5.82 Å². The van der Waals surface area contributed by atoms with Gasteiger partial charge in [0.05, 0.1) is 12.3 Å². The maximum absolute atomic E-state index is 13.8. The average Bonchev–Trinajstić information content (AvgIpc) is 2.38. The quantitative estimate of drug-likeness (QED) is 0.873. The molecule has 0 aromatic heterocycles. The number of piperidine rings is 1. The Morgan fingerprint density at radius 3 is 2.65 bits per heavy atom. The minimum absolute atomic E-state index is 0.0964. The lowest BCUT2D eigenvalue weighted by Crippen LogP contribution is -2.34. The predicted molar refractivity (Wildman–Crippen MR) is 67.6 cm³/mol. The standard InChI is InChI=1S/C14H20FNO/c1-2-11-6-8-16(9-7-11)14-12(10-17)4-3-5-13(14)15/h3-5,11,17H,2,6-10H2,1H3. The summed E-state index contributed by atoms with van der Waals surface area (Å²) in [6.45, 7) is 3.91. The van der Waals surface area contributed by atoms with Crippen LogP contribution in [0.5, 0.6) is 0 Å². The van der Waals surface area contributed by atoms with Crippen LogP contribution < -0.4 is 4.90 Å². The first-order valence-electron chi connectivity index (χ1n) is 6.39. The smallest absolute Gasteiger partial charge is 0.146 e. The molecule has 1 aliphatic heterocycles. The highest BCUT2D eigenvalue weighted by Gasteiger charge is 2.21. The van der Waals surface area contributed by atoms with Crippen LogP contribution in [0.15, 0.2) is 18.2 Å². The number of aliphatic hydroxyl groups excluding tert-OH is 1. The minimum Gasteiger partial charge on any atom is -0.392 e. The van der Waals surface area contributed by atoms with E-state index in [0.29, 0.717) is 11.3 Å². The number of benzene rings is 1. The lowest BCUT2D eigenvalue weighted by molar-refractivity contribution is 0.281. The second kappa shape index (κ2) is 5.50. The van der Waals surface area contributed by atoms with Gasteiger partial charge in [0.15, 0.2) is 0 Å². The Kier molecular flexibility index (Phi) is 4.00. The van der Waals surface area contributed by atoms with Crippen LogP contribution in [0, 0.1) is 11.7 Å². The van der Waals surface area contributed by atoms with Gasteiger partial charge in [-0.1, -0.05) is 25.5 Å². The maximum atomic E-state index is 13.8. The van der Waals surface area contributed by atoms with Crippen molar-refractivity contribution in [2.75, 3.05) is 18.0 Å². The van der Waals surface area contributed by atoms with Crippen LogP contribution in [0.2, 0.25) is 0 Å². The lowest BCUT2D eigenvalue weighted by atomic mass is 9.93.